The van der Waals surface area contributed by atoms with Gasteiger partial charge in [0.05, 0.1) is 6.17 Å². The predicted molar refractivity (Wildman–Crippen MR) is 30.9 cm³/mol. The lowest BCUT2D eigenvalue weighted by molar-refractivity contribution is -0.0439. The third-order valence-electron chi connectivity index (χ3n) is 1.13. The van der Waals surface area contributed by atoms with Gasteiger partial charge in [-0.2, -0.15) is 0 Å². The largest absolute Gasteiger partial charge is 0.365 e. The zero-order valence-corrected chi connectivity index (χ0v) is 5.13. The van der Waals surface area contributed by atoms with E-state index in [9.17, 15) is 0 Å². The van der Waals surface area contributed by atoms with Gasteiger partial charge in [0, 0.05) is 0 Å². The quantitative estimate of drug-likeness (QED) is 0.256. The summed E-state index contributed by atoms with van der Waals surface area (Å²) < 4.78 is 0. The number of hydrogen-bond donors (Lipinski definition) is 5. The average molecular weight is 133 g/mol. The molecule has 9 heavy (non-hydrogen) atoms. The molecule has 2 unspecified atom stereocenters. The number of rotatable bonds is 0. The van der Waals surface area contributed by atoms with E-state index >= 15 is 0 Å². The Kier molecular flexibility index (Phi) is 1.99. The van der Waals surface area contributed by atoms with Gasteiger partial charge in [-0.1, -0.05) is 0 Å². The van der Waals surface area contributed by atoms with Crippen molar-refractivity contribution in [1.29, 1.82) is 0 Å². The fourth-order valence-corrected chi connectivity index (χ4v) is 0.767. The number of aliphatic hydroxyl groups excluding tert-OH is 2. The Morgan fingerprint density at radius 2 is 1.44 bits per heavy atom. The van der Waals surface area contributed by atoms with Crippen LogP contribution in [0.15, 0.2) is 0 Å². The molecule has 0 aromatic rings. The summed E-state index contributed by atoms with van der Waals surface area (Å²) in [6, 6.07) is 0. The Balaban J connectivity index is 2.34. The molecule has 0 aliphatic carbocycles. The van der Waals surface area contributed by atoms with Crippen LogP contribution in [0.2, 0.25) is 0 Å². The molecule has 0 aromatic carbocycles. The van der Waals surface area contributed by atoms with Crippen molar-refractivity contribution in [3.8, 4) is 0 Å². The molecule has 1 aliphatic heterocycles. The molecule has 5 N–H and O–H groups in total. The van der Waals surface area contributed by atoms with E-state index in [0.717, 1.165) is 0 Å². The lowest BCUT2D eigenvalue weighted by atomic mass is 10.5. The molecule has 0 aromatic heterocycles. The summed E-state index contributed by atoms with van der Waals surface area (Å²) >= 11 is 0. The topological polar surface area (TPSA) is 76.5 Å². The van der Waals surface area contributed by atoms with Crippen molar-refractivity contribution in [3.63, 3.8) is 0 Å². The summed E-state index contributed by atoms with van der Waals surface area (Å²) in [6.45, 7) is 1.80. The van der Waals surface area contributed by atoms with Gasteiger partial charge in [0.15, 0.2) is 12.7 Å². The molecule has 1 saturated heterocycles. The molecule has 0 bridgehead atoms. The van der Waals surface area contributed by atoms with Crippen LogP contribution < -0.4 is 16.0 Å². The molecule has 0 spiro atoms. The highest BCUT2D eigenvalue weighted by molar-refractivity contribution is 4.67. The van der Waals surface area contributed by atoms with Crippen LogP contribution >= 0.6 is 0 Å². The van der Waals surface area contributed by atoms with Crippen molar-refractivity contribution < 1.29 is 10.2 Å². The van der Waals surface area contributed by atoms with Gasteiger partial charge in [-0.3, -0.25) is 10.6 Å². The first-order chi connectivity index (χ1) is 4.18. The zero-order valence-electron chi connectivity index (χ0n) is 5.13. The van der Waals surface area contributed by atoms with Crippen LogP contribution in [0.25, 0.3) is 0 Å². The number of aliphatic hydroxyl groups is 2. The van der Waals surface area contributed by atoms with Crippen LogP contribution in [0, 0.1) is 0 Å². The Morgan fingerprint density at radius 3 is 1.78 bits per heavy atom. The monoisotopic (exact) mass is 133 g/mol. The summed E-state index contributed by atoms with van der Waals surface area (Å²) in [7, 11) is 0. The van der Waals surface area contributed by atoms with Crippen molar-refractivity contribution in [2.45, 2.75) is 25.8 Å². The fourth-order valence-electron chi connectivity index (χ4n) is 0.767. The first kappa shape index (κ1) is 6.91. The molecule has 5 heteroatoms. The van der Waals surface area contributed by atoms with E-state index in [0.29, 0.717) is 0 Å². The molecule has 1 aliphatic rings. The third kappa shape index (κ3) is 1.88. The Bertz CT molecular complexity index is 74.8. The SMILES string of the molecule is CC1NC(O)NC(O)N1. The van der Waals surface area contributed by atoms with Gasteiger partial charge in [-0.25, -0.2) is 5.32 Å². The Hall–Kier alpha value is -0.200. The standard InChI is InChI=1S/C4H11N3O2/c1-2-5-3(8)7-4(9)6-2/h2-9H,1H3. The maximum atomic E-state index is 8.83. The van der Waals surface area contributed by atoms with Crippen LogP contribution in [0.4, 0.5) is 0 Å². The average Bonchev–Trinajstić information content (AvgIpc) is 1.59. The minimum atomic E-state index is -0.823. The molecule has 0 saturated carbocycles. The van der Waals surface area contributed by atoms with Gasteiger partial charge in [-0.05, 0) is 6.92 Å². The molecule has 5 nitrogen and oxygen atoms in total. The molecule has 1 rings (SSSR count). The van der Waals surface area contributed by atoms with E-state index in [4.69, 9.17) is 10.2 Å². The summed E-state index contributed by atoms with van der Waals surface area (Å²) in [5, 5.41) is 25.4. The summed E-state index contributed by atoms with van der Waals surface area (Å²) in [5.74, 6) is 0. The van der Waals surface area contributed by atoms with E-state index in [-0.39, 0.29) is 6.17 Å². The maximum Gasteiger partial charge on any atom is 0.164 e. The van der Waals surface area contributed by atoms with Crippen molar-refractivity contribution in [3.05, 3.63) is 0 Å². The maximum absolute atomic E-state index is 8.83. The molecular formula is C4H11N3O2. The minimum Gasteiger partial charge on any atom is -0.365 e. The highest BCUT2D eigenvalue weighted by atomic mass is 16.3. The van der Waals surface area contributed by atoms with Crippen molar-refractivity contribution in [1.82, 2.24) is 16.0 Å². The lowest BCUT2D eigenvalue weighted by Gasteiger charge is -2.31. The van der Waals surface area contributed by atoms with Crippen LogP contribution in [0.3, 0.4) is 0 Å². The first-order valence-corrected chi connectivity index (χ1v) is 2.83. The van der Waals surface area contributed by atoms with E-state index in [1.54, 1.807) is 6.92 Å². The molecular weight excluding hydrogens is 122 g/mol. The van der Waals surface area contributed by atoms with Gasteiger partial charge < -0.3 is 10.2 Å². The van der Waals surface area contributed by atoms with Crippen molar-refractivity contribution >= 4 is 0 Å². The Labute approximate surface area is 53.1 Å². The van der Waals surface area contributed by atoms with E-state index < -0.39 is 12.7 Å². The van der Waals surface area contributed by atoms with Gasteiger partial charge in [-0.15, -0.1) is 0 Å². The van der Waals surface area contributed by atoms with Crippen LogP contribution in [-0.4, -0.2) is 29.1 Å². The summed E-state index contributed by atoms with van der Waals surface area (Å²) in [6.07, 6.45) is -1.72. The zero-order chi connectivity index (χ0) is 6.85. The normalized spacial score (nSPS) is 45.0. The molecule has 0 amide bonds. The smallest absolute Gasteiger partial charge is 0.164 e. The highest BCUT2D eigenvalue weighted by Crippen LogP contribution is 1.86. The highest BCUT2D eigenvalue weighted by Gasteiger charge is 2.19. The third-order valence-corrected chi connectivity index (χ3v) is 1.13. The van der Waals surface area contributed by atoms with E-state index in [2.05, 4.69) is 16.0 Å². The molecule has 2 atom stereocenters. The second-order valence-electron chi connectivity index (χ2n) is 2.03. The molecule has 1 fully saturated rings. The van der Waals surface area contributed by atoms with Gasteiger partial charge in [0.25, 0.3) is 0 Å². The molecule has 0 radical (unpaired) electrons. The lowest BCUT2D eigenvalue weighted by Crippen LogP contribution is -2.66. The van der Waals surface area contributed by atoms with Crippen molar-refractivity contribution in [2.75, 3.05) is 0 Å². The van der Waals surface area contributed by atoms with E-state index in [1.807, 2.05) is 0 Å². The minimum absolute atomic E-state index is 0.0729. The van der Waals surface area contributed by atoms with Crippen LogP contribution in [-0.2, 0) is 0 Å². The van der Waals surface area contributed by atoms with Gasteiger partial charge in [0.1, 0.15) is 0 Å². The first-order valence-electron chi connectivity index (χ1n) is 2.83. The van der Waals surface area contributed by atoms with Crippen LogP contribution in [0.1, 0.15) is 6.92 Å². The molecule has 54 valence electrons. The second-order valence-corrected chi connectivity index (χ2v) is 2.03. The van der Waals surface area contributed by atoms with Gasteiger partial charge in [0.2, 0.25) is 0 Å². The number of hydrogen-bond acceptors (Lipinski definition) is 5. The van der Waals surface area contributed by atoms with E-state index in [1.165, 1.54) is 0 Å². The second kappa shape index (κ2) is 2.59. The summed E-state index contributed by atoms with van der Waals surface area (Å²) in [5.41, 5.74) is 0. The predicted octanol–water partition coefficient (Wildman–Crippen LogP) is -2.33. The Morgan fingerprint density at radius 1 is 1.00 bits per heavy atom. The fraction of sp³-hybridized carbons (Fsp3) is 1.00. The van der Waals surface area contributed by atoms with Crippen LogP contribution in [0.5, 0.6) is 0 Å². The van der Waals surface area contributed by atoms with Gasteiger partial charge >= 0.3 is 0 Å². The molecule has 1 heterocycles. The van der Waals surface area contributed by atoms with Crippen molar-refractivity contribution in [2.24, 2.45) is 0 Å². The summed E-state index contributed by atoms with van der Waals surface area (Å²) in [4.78, 5) is 0. The number of nitrogens with one attached hydrogen (secondary N) is 3.